The fraction of sp³-hybridized carbons (Fsp3) is 0.333. The predicted molar refractivity (Wildman–Crippen MR) is 43.3 cm³/mol. The Morgan fingerprint density at radius 2 is 1.89 bits per heavy atom. The molecule has 0 aromatic rings. The molecule has 0 bridgehead atoms. The monoisotopic (exact) mass is 149 g/mol. The summed E-state index contributed by atoms with van der Waals surface area (Å²) in [6, 6.07) is 0. The summed E-state index contributed by atoms with van der Waals surface area (Å²) in [4.78, 5) is 0. The Bertz CT molecular complexity index is 110. The molecule has 0 atom stereocenters. The first-order valence-electron chi connectivity index (χ1n) is 2.77. The summed E-state index contributed by atoms with van der Waals surface area (Å²) in [6.45, 7) is 0. The summed E-state index contributed by atoms with van der Waals surface area (Å²) in [6.07, 6.45) is 8.54. The van der Waals surface area contributed by atoms with E-state index >= 15 is 0 Å². The van der Waals surface area contributed by atoms with Crippen LogP contribution in [0.15, 0.2) is 24.3 Å². The molecular weight excluding hydrogens is 139 g/mol. The smallest absolute Gasteiger partial charge is 0.171 e. The van der Waals surface area contributed by atoms with E-state index in [1.807, 2.05) is 0 Å². The van der Waals surface area contributed by atoms with Crippen molar-refractivity contribution in [3.05, 3.63) is 24.3 Å². The second-order valence-corrected chi connectivity index (χ2v) is 3.74. The van der Waals surface area contributed by atoms with Gasteiger partial charge in [-0.2, -0.15) is 0 Å². The third-order valence-electron chi connectivity index (χ3n) is 1.19. The number of hydrogen-bond donors (Lipinski definition) is 0. The van der Waals surface area contributed by atoms with E-state index in [-0.39, 0.29) is 39.3 Å². The summed E-state index contributed by atoms with van der Waals surface area (Å²) >= 11 is 0. The average Bonchev–Trinajstić information content (AvgIpc) is 2.19. The van der Waals surface area contributed by atoms with E-state index in [0.717, 1.165) is 0 Å². The molecule has 3 heteroatoms. The quantitative estimate of drug-likeness (QED) is 0.511. The Morgan fingerprint density at radius 3 is 2.33 bits per heavy atom. The van der Waals surface area contributed by atoms with Gasteiger partial charge in [0.1, 0.15) is 0 Å². The molecule has 0 N–H and O–H groups in total. The van der Waals surface area contributed by atoms with Crippen LogP contribution in [0.5, 0.6) is 0 Å². The van der Waals surface area contributed by atoms with Crippen molar-refractivity contribution in [2.24, 2.45) is 0 Å². The molecule has 1 aliphatic rings. The van der Waals surface area contributed by atoms with Crippen molar-refractivity contribution in [1.29, 1.82) is 0 Å². The Balaban J connectivity index is 0.000000640. The van der Waals surface area contributed by atoms with Crippen molar-refractivity contribution >= 4 is 39.3 Å². The molecule has 0 amide bonds. The van der Waals surface area contributed by atoms with Crippen LogP contribution in [0.4, 0.5) is 0 Å². The Morgan fingerprint density at radius 1 is 1.33 bits per heavy atom. The molecule has 0 fully saturated rings. The molecule has 1 rings (SSSR count). The minimum Gasteiger partial charge on any atom is -0.426 e. The second kappa shape index (κ2) is 5.44. The molecule has 0 saturated heterocycles. The van der Waals surface area contributed by atoms with Gasteiger partial charge in [-0.1, -0.05) is 24.3 Å². The predicted octanol–water partition coefficient (Wildman–Crippen LogP) is 0.250. The molecule has 9 heavy (non-hydrogen) atoms. The van der Waals surface area contributed by atoms with Gasteiger partial charge in [0.05, 0.1) is 0 Å². The second-order valence-electron chi connectivity index (χ2n) is 1.89. The molecule has 0 spiro atoms. The van der Waals surface area contributed by atoms with E-state index in [4.69, 9.17) is 4.43 Å². The van der Waals surface area contributed by atoms with Crippen LogP contribution in [0.3, 0.4) is 0 Å². The molecule has 1 nitrogen and oxygen atoms in total. The zero-order chi connectivity index (χ0) is 5.82. The maximum Gasteiger partial charge on any atom is 0.171 e. The van der Waals surface area contributed by atoms with Gasteiger partial charge in [0.15, 0.2) is 9.76 Å². The van der Waals surface area contributed by atoms with Crippen LogP contribution in [0.1, 0.15) is 0 Å². The number of rotatable bonds is 2. The van der Waals surface area contributed by atoms with E-state index < -0.39 is 0 Å². The van der Waals surface area contributed by atoms with Crippen molar-refractivity contribution in [2.75, 3.05) is 7.11 Å². The zero-order valence-corrected chi connectivity index (χ0v) is 9.42. The summed E-state index contributed by atoms with van der Waals surface area (Å²) in [5.41, 5.74) is 0.667. The van der Waals surface area contributed by atoms with Crippen molar-refractivity contribution in [3.8, 4) is 0 Å². The molecule has 1 radical (unpaired) electrons. The van der Waals surface area contributed by atoms with Crippen LogP contribution in [0, 0.1) is 0 Å². The van der Waals surface area contributed by atoms with Crippen molar-refractivity contribution in [2.45, 2.75) is 5.54 Å². The Labute approximate surface area is 80.4 Å². The van der Waals surface area contributed by atoms with Gasteiger partial charge in [0, 0.05) is 42.2 Å². The van der Waals surface area contributed by atoms with Crippen LogP contribution in [-0.2, 0) is 4.43 Å². The summed E-state index contributed by atoms with van der Waals surface area (Å²) in [5.74, 6) is 0. The topological polar surface area (TPSA) is 9.23 Å². The molecular formula is C6H10NaOSi. The normalized spacial score (nSPS) is 17.4. The third-order valence-corrected chi connectivity index (χ3v) is 2.45. The molecule has 0 saturated carbocycles. The summed E-state index contributed by atoms with van der Waals surface area (Å²) < 4.78 is 5.06. The first-order valence-corrected chi connectivity index (χ1v) is 4.17. The van der Waals surface area contributed by atoms with Gasteiger partial charge in [-0.3, -0.25) is 0 Å². The third kappa shape index (κ3) is 3.38. The van der Waals surface area contributed by atoms with E-state index in [1.165, 1.54) is 0 Å². The van der Waals surface area contributed by atoms with Crippen molar-refractivity contribution in [1.82, 2.24) is 0 Å². The molecule has 1 aliphatic carbocycles. The minimum atomic E-state index is -0.275. The van der Waals surface area contributed by atoms with E-state index in [0.29, 0.717) is 5.54 Å². The van der Waals surface area contributed by atoms with Gasteiger partial charge < -0.3 is 4.43 Å². The van der Waals surface area contributed by atoms with E-state index in [9.17, 15) is 0 Å². The molecule has 0 aromatic carbocycles. The summed E-state index contributed by atoms with van der Waals surface area (Å²) in [7, 11) is 1.51. The Hall–Kier alpha value is 0.657. The van der Waals surface area contributed by atoms with Crippen molar-refractivity contribution < 1.29 is 4.43 Å². The fourth-order valence-corrected chi connectivity index (χ4v) is 1.70. The van der Waals surface area contributed by atoms with Gasteiger partial charge >= 0.3 is 0 Å². The van der Waals surface area contributed by atoms with Crippen LogP contribution >= 0.6 is 0 Å². The van der Waals surface area contributed by atoms with Gasteiger partial charge in [0.2, 0.25) is 0 Å². The average molecular weight is 149 g/mol. The first-order chi connectivity index (χ1) is 3.93. The molecule has 0 heterocycles. The van der Waals surface area contributed by atoms with E-state index in [1.54, 1.807) is 7.11 Å². The largest absolute Gasteiger partial charge is 0.426 e. The van der Waals surface area contributed by atoms with Gasteiger partial charge in [0.25, 0.3) is 0 Å². The van der Waals surface area contributed by atoms with Gasteiger partial charge in [-0.15, -0.1) is 0 Å². The zero-order valence-electron chi connectivity index (χ0n) is 6.00. The molecule has 0 aliphatic heterocycles. The fourth-order valence-electron chi connectivity index (χ4n) is 0.781. The summed E-state index contributed by atoms with van der Waals surface area (Å²) in [5, 5.41) is 0. The van der Waals surface area contributed by atoms with Crippen LogP contribution < -0.4 is 0 Å². The maximum absolute atomic E-state index is 5.06. The molecule has 45 valence electrons. The number of allylic oxidation sites excluding steroid dienone is 4. The van der Waals surface area contributed by atoms with Crippen LogP contribution in [0.25, 0.3) is 0 Å². The van der Waals surface area contributed by atoms with E-state index in [2.05, 4.69) is 24.3 Å². The Kier molecular flexibility index (Phi) is 5.84. The SMILES string of the molecule is CO[SiH2]C1C=CC=C1.[Na]. The van der Waals surface area contributed by atoms with Gasteiger partial charge in [-0.05, 0) is 0 Å². The number of hydrogen-bond acceptors (Lipinski definition) is 1. The van der Waals surface area contributed by atoms with Crippen molar-refractivity contribution in [3.63, 3.8) is 0 Å². The minimum absolute atomic E-state index is 0. The molecule has 0 aromatic heterocycles. The first kappa shape index (κ1) is 9.66. The maximum atomic E-state index is 5.06. The van der Waals surface area contributed by atoms with Gasteiger partial charge in [-0.25, -0.2) is 0 Å². The van der Waals surface area contributed by atoms with Crippen LogP contribution in [-0.4, -0.2) is 46.4 Å². The molecule has 0 unspecified atom stereocenters. The van der Waals surface area contributed by atoms with Crippen LogP contribution in [0.2, 0.25) is 5.54 Å². The standard InChI is InChI=1S/C6H10OSi.Na/c1-7-8-6-4-2-3-5-6;/h2-6H,8H2,1H3;.